The molecule has 5 aromatic carbocycles. The van der Waals surface area contributed by atoms with Crippen molar-refractivity contribution in [3.8, 4) is 5.75 Å². The van der Waals surface area contributed by atoms with E-state index in [9.17, 15) is 0 Å². The molecule has 0 radical (unpaired) electrons. The number of para-hydroxylation sites is 1. The van der Waals surface area contributed by atoms with Gasteiger partial charge in [0.15, 0.2) is 14.8 Å². The van der Waals surface area contributed by atoms with E-state index in [1.54, 1.807) is 0 Å². The maximum atomic E-state index is 6.84. The Bertz CT molecular complexity index is 1440. The van der Waals surface area contributed by atoms with E-state index in [4.69, 9.17) is 4.74 Å². The number of fused-ring (bicyclic) bond motifs is 1. The van der Waals surface area contributed by atoms with Crippen molar-refractivity contribution in [1.82, 2.24) is 0 Å². The zero-order chi connectivity index (χ0) is 26.2. The van der Waals surface area contributed by atoms with Crippen LogP contribution in [0.4, 0.5) is 5.69 Å². The minimum absolute atomic E-state index is 0.250. The molecule has 1 heterocycles. The summed E-state index contributed by atoms with van der Waals surface area (Å²) in [5.41, 5.74) is 3.41. The molecule has 0 unspecified atom stereocenters. The molecule has 0 aromatic heterocycles. The first-order valence-corrected chi connectivity index (χ1v) is 15.3. The Morgan fingerprint density at radius 3 is 1.55 bits per heavy atom. The number of hydrogen-bond acceptors (Lipinski definition) is 2. The van der Waals surface area contributed by atoms with Crippen molar-refractivity contribution in [3.05, 3.63) is 145 Å². The Kier molecular flexibility index (Phi) is 6.17. The molecule has 188 valence electrons. The van der Waals surface area contributed by atoms with Crippen LogP contribution in [0.5, 0.6) is 5.75 Å². The van der Waals surface area contributed by atoms with Gasteiger partial charge in [-0.05, 0) is 53.7 Å². The van der Waals surface area contributed by atoms with Gasteiger partial charge in [0, 0.05) is 11.3 Å². The van der Waals surface area contributed by atoms with Gasteiger partial charge in [-0.15, -0.1) is 0 Å². The molecule has 2 nitrogen and oxygen atoms in total. The fourth-order valence-corrected chi connectivity index (χ4v) is 11.1. The predicted molar refractivity (Wildman–Crippen MR) is 162 cm³/mol. The number of nitrogens with zero attached hydrogens (tertiary/aromatic N) is 1. The largest absolute Gasteiger partial charge is 0.473 e. The van der Waals surface area contributed by atoms with E-state index in [0.717, 1.165) is 5.75 Å². The second-order valence-electron chi connectivity index (χ2n) is 10.6. The van der Waals surface area contributed by atoms with Crippen LogP contribution in [0.25, 0.3) is 0 Å². The van der Waals surface area contributed by atoms with Crippen LogP contribution in [0.15, 0.2) is 133 Å². The number of anilines is 1. The highest BCUT2D eigenvalue weighted by Crippen LogP contribution is 2.41. The van der Waals surface area contributed by atoms with Crippen molar-refractivity contribution >= 4 is 34.5 Å². The van der Waals surface area contributed by atoms with Crippen LogP contribution < -0.4 is 30.4 Å². The van der Waals surface area contributed by atoms with E-state index < -0.39 is 8.07 Å². The zero-order valence-corrected chi connectivity index (χ0v) is 23.3. The Hall–Kier alpha value is -4.08. The normalized spacial score (nSPS) is 14.4. The average molecular weight is 512 g/mol. The average Bonchev–Trinajstić information content (AvgIpc) is 2.96. The van der Waals surface area contributed by atoms with Crippen LogP contribution in [-0.2, 0) is 5.54 Å². The summed E-state index contributed by atoms with van der Waals surface area (Å²) in [7, 11) is -2.72. The maximum absolute atomic E-state index is 6.84. The van der Waals surface area contributed by atoms with E-state index >= 15 is 0 Å². The molecule has 38 heavy (non-hydrogen) atoms. The number of benzene rings is 5. The van der Waals surface area contributed by atoms with Crippen molar-refractivity contribution in [2.75, 3.05) is 11.6 Å². The summed E-state index contributed by atoms with van der Waals surface area (Å²) in [4.78, 5) is 2.37. The van der Waals surface area contributed by atoms with E-state index in [0.29, 0.717) is 6.73 Å². The predicted octanol–water partition coefficient (Wildman–Crippen LogP) is 5.46. The van der Waals surface area contributed by atoms with Gasteiger partial charge in [0.1, 0.15) is 5.75 Å². The molecule has 0 N–H and O–H groups in total. The Morgan fingerprint density at radius 2 is 1.08 bits per heavy atom. The molecule has 5 aromatic rings. The number of aryl methyl sites for hydroxylation is 1. The van der Waals surface area contributed by atoms with Gasteiger partial charge in [-0.1, -0.05) is 127 Å². The van der Waals surface area contributed by atoms with Crippen LogP contribution in [0.3, 0.4) is 0 Å². The van der Waals surface area contributed by atoms with Gasteiger partial charge in [0.05, 0.1) is 5.54 Å². The smallest absolute Gasteiger partial charge is 0.183 e. The molecule has 0 amide bonds. The van der Waals surface area contributed by atoms with Crippen molar-refractivity contribution in [1.29, 1.82) is 0 Å². The Balaban J connectivity index is 1.69. The van der Waals surface area contributed by atoms with Crippen LogP contribution in [0, 0.1) is 6.92 Å². The van der Waals surface area contributed by atoms with Crippen LogP contribution >= 0.6 is 0 Å². The minimum atomic E-state index is -2.72. The van der Waals surface area contributed by atoms with Gasteiger partial charge < -0.3 is 9.64 Å². The third-order valence-corrected chi connectivity index (χ3v) is 12.8. The zero-order valence-electron chi connectivity index (χ0n) is 22.3. The van der Waals surface area contributed by atoms with Crippen molar-refractivity contribution in [3.63, 3.8) is 0 Å². The molecule has 0 atom stereocenters. The Morgan fingerprint density at radius 1 is 0.632 bits per heavy atom. The molecular formula is C35H33NOSi. The maximum Gasteiger partial charge on any atom is 0.183 e. The quantitative estimate of drug-likeness (QED) is 0.229. The molecule has 1 aliphatic heterocycles. The fraction of sp³-hybridized carbons (Fsp3) is 0.143. The summed E-state index contributed by atoms with van der Waals surface area (Å²) in [5, 5.41) is 5.39. The summed E-state index contributed by atoms with van der Waals surface area (Å²) >= 11 is 0. The molecule has 0 bridgehead atoms. The first kappa shape index (κ1) is 24.3. The fourth-order valence-electron chi connectivity index (χ4n) is 6.13. The lowest BCUT2D eigenvalue weighted by atomic mass is 9.88. The SMILES string of the molecule is Cc1cc2c(c([Si](c3ccccc3)(c3ccccc3)c3ccccc3)c1)OCN(c1ccccc1)C2(C)C. The molecule has 0 saturated heterocycles. The summed E-state index contributed by atoms with van der Waals surface area (Å²) in [6.45, 7) is 7.37. The molecule has 1 aliphatic rings. The third-order valence-electron chi connectivity index (χ3n) is 8.00. The van der Waals surface area contributed by atoms with Gasteiger partial charge in [-0.25, -0.2) is 0 Å². The molecule has 0 fully saturated rings. The van der Waals surface area contributed by atoms with Gasteiger partial charge in [0.2, 0.25) is 0 Å². The lowest BCUT2D eigenvalue weighted by Crippen LogP contribution is -2.75. The van der Waals surface area contributed by atoms with Crippen molar-refractivity contribution < 1.29 is 4.74 Å². The number of hydrogen-bond donors (Lipinski definition) is 0. The first-order valence-electron chi connectivity index (χ1n) is 13.3. The number of rotatable bonds is 5. The van der Waals surface area contributed by atoms with Crippen LogP contribution in [0.1, 0.15) is 25.0 Å². The molecule has 6 rings (SSSR count). The molecular weight excluding hydrogens is 478 g/mol. The first-order chi connectivity index (χ1) is 18.5. The summed E-state index contributed by atoms with van der Waals surface area (Å²) in [6.07, 6.45) is 0. The second kappa shape index (κ2) is 9.66. The van der Waals surface area contributed by atoms with Crippen molar-refractivity contribution in [2.24, 2.45) is 0 Å². The Labute approximate surface area is 227 Å². The molecule has 0 aliphatic carbocycles. The topological polar surface area (TPSA) is 12.5 Å². The van der Waals surface area contributed by atoms with Gasteiger partial charge >= 0.3 is 0 Å². The lowest BCUT2D eigenvalue weighted by molar-refractivity contribution is 0.238. The summed E-state index contributed by atoms with van der Waals surface area (Å²) in [6, 6.07) is 48.6. The number of ether oxygens (including phenoxy) is 1. The third kappa shape index (κ3) is 3.86. The van der Waals surface area contributed by atoms with Gasteiger partial charge in [-0.2, -0.15) is 0 Å². The summed E-state index contributed by atoms with van der Waals surface area (Å²) < 4.78 is 6.84. The lowest BCUT2D eigenvalue weighted by Gasteiger charge is -2.47. The van der Waals surface area contributed by atoms with Gasteiger partial charge in [-0.3, -0.25) is 0 Å². The summed E-state index contributed by atoms with van der Waals surface area (Å²) in [5.74, 6) is 1.04. The van der Waals surface area contributed by atoms with Gasteiger partial charge in [0.25, 0.3) is 0 Å². The monoisotopic (exact) mass is 511 g/mol. The van der Waals surface area contributed by atoms with E-state index in [2.05, 4.69) is 159 Å². The van der Waals surface area contributed by atoms with Crippen molar-refractivity contribution in [2.45, 2.75) is 26.3 Å². The van der Waals surface area contributed by atoms with Crippen LogP contribution in [0.2, 0.25) is 0 Å². The van der Waals surface area contributed by atoms with E-state index in [1.807, 2.05) is 0 Å². The molecule has 3 heteroatoms. The highest BCUT2D eigenvalue weighted by atomic mass is 28.3. The highest BCUT2D eigenvalue weighted by molar-refractivity contribution is 7.20. The van der Waals surface area contributed by atoms with E-state index in [-0.39, 0.29) is 5.54 Å². The minimum Gasteiger partial charge on any atom is -0.473 e. The molecule has 0 saturated carbocycles. The molecule has 0 spiro atoms. The van der Waals surface area contributed by atoms with E-state index in [1.165, 1.54) is 37.6 Å². The van der Waals surface area contributed by atoms with Crippen LogP contribution in [-0.4, -0.2) is 14.8 Å². The highest BCUT2D eigenvalue weighted by Gasteiger charge is 2.47. The second-order valence-corrected chi connectivity index (χ2v) is 14.4. The standard InChI is InChI=1S/C35H33NOSi/c1-27-24-32-34(37-26-36(35(32,2)3)28-16-8-4-9-17-28)33(25-27)38(29-18-10-5-11-19-29,30-20-12-6-13-21-30)31-22-14-7-15-23-31/h4-25H,26H2,1-3H3.